The molecule has 0 aliphatic heterocycles. The summed E-state index contributed by atoms with van der Waals surface area (Å²) in [5.74, 6) is -0.619. The lowest BCUT2D eigenvalue weighted by molar-refractivity contribution is -0.161. The van der Waals surface area contributed by atoms with Crippen molar-refractivity contribution in [1.29, 1.82) is 0 Å². The van der Waals surface area contributed by atoms with Crippen LogP contribution in [-0.2, 0) is 65.4 Å². The Bertz CT molecular complexity index is 2010. The zero-order valence-corrected chi connectivity index (χ0v) is 70.8. The SMILES string of the molecule is CCCCCCCCCCCCCCCCCCCCCCC(=O)O[C@H](COC(=O)CCCCCCCCCCCCCCCCCC(C)C)COP(=O)(O)OC[C@@H](O)COP(=O)(O)OC[C@@H](COC(=O)CCCCCCCCC(C)C)OC(=O)CCCCCCCCCCCCCCCCCCCC. The topological polar surface area (TPSA) is 237 Å². The van der Waals surface area contributed by atoms with Crippen LogP contribution in [0.4, 0.5) is 0 Å². The van der Waals surface area contributed by atoms with E-state index in [2.05, 4.69) is 41.5 Å². The monoisotopic (exact) mass is 1540 g/mol. The van der Waals surface area contributed by atoms with Gasteiger partial charge in [-0.15, -0.1) is 0 Å². The number of aliphatic hydroxyl groups is 1. The second-order valence-corrected chi connectivity index (χ2v) is 34.8. The summed E-state index contributed by atoms with van der Waals surface area (Å²) >= 11 is 0. The van der Waals surface area contributed by atoms with Crippen LogP contribution in [0.5, 0.6) is 0 Å². The second kappa shape index (κ2) is 77.4. The fraction of sp³-hybridized carbons (Fsp3) is 0.953. The lowest BCUT2D eigenvalue weighted by Gasteiger charge is -2.21. The Morgan fingerprint density at radius 1 is 0.257 bits per heavy atom. The van der Waals surface area contributed by atoms with Crippen LogP contribution in [-0.4, -0.2) is 96.7 Å². The minimum atomic E-state index is -4.97. The summed E-state index contributed by atoms with van der Waals surface area (Å²) in [7, 11) is -9.93. The van der Waals surface area contributed by atoms with Crippen LogP contribution in [0.3, 0.4) is 0 Å². The third-order valence-corrected chi connectivity index (χ3v) is 22.1. The van der Waals surface area contributed by atoms with Gasteiger partial charge in [-0.05, 0) is 37.5 Å². The lowest BCUT2D eigenvalue weighted by Crippen LogP contribution is -2.30. The van der Waals surface area contributed by atoms with Gasteiger partial charge in [0.15, 0.2) is 12.2 Å². The van der Waals surface area contributed by atoms with Gasteiger partial charge in [-0.3, -0.25) is 37.3 Å². The molecule has 105 heavy (non-hydrogen) atoms. The van der Waals surface area contributed by atoms with E-state index in [-0.39, 0.29) is 25.7 Å². The van der Waals surface area contributed by atoms with Crippen LogP contribution in [0.15, 0.2) is 0 Å². The molecule has 0 fully saturated rings. The molecule has 0 aromatic rings. The van der Waals surface area contributed by atoms with Crippen LogP contribution < -0.4 is 0 Å². The molecule has 0 amide bonds. The van der Waals surface area contributed by atoms with Gasteiger partial charge >= 0.3 is 39.5 Å². The van der Waals surface area contributed by atoms with Gasteiger partial charge in [0, 0.05) is 25.7 Å². The maximum atomic E-state index is 13.1. The molecule has 0 rings (SSSR count). The fourth-order valence-electron chi connectivity index (χ4n) is 13.4. The Morgan fingerprint density at radius 2 is 0.438 bits per heavy atom. The first kappa shape index (κ1) is 103. The number of hydrogen-bond acceptors (Lipinski definition) is 15. The third-order valence-electron chi connectivity index (χ3n) is 20.2. The van der Waals surface area contributed by atoms with Crippen LogP contribution >= 0.6 is 15.6 Å². The molecule has 0 aliphatic rings. The van der Waals surface area contributed by atoms with E-state index in [1.165, 1.54) is 270 Å². The normalized spacial score (nSPS) is 13.8. The van der Waals surface area contributed by atoms with Crippen molar-refractivity contribution in [3.8, 4) is 0 Å². The smallest absolute Gasteiger partial charge is 0.462 e. The van der Waals surface area contributed by atoms with E-state index >= 15 is 0 Å². The van der Waals surface area contributed by atoms with Gasteiger partial charge < -0.3 is 33.8 Å². The van der Waals surface area contributed by atoms with E-state index in [0.717, 1.165) is 102 Å². The number of rotatable bonds is 85. The van der Waals surface area contributed by atoms with Gasteiger partial charge in [-0.2, -0.15) is 0 Å². The van der Waals surface area contributed by atoms with E-state index in [9.17, 15) is 43.2 Å². The number of aliphatic hydroxyl groups excluding tert-OH is 1. The number of phosphoric acid groups is 2. The van der Waals surface area contributed by atoms with Crippen LogP contribution in [0, 0.1) is 11.8 Å². The van der Waals surface area contributed by atoms with E-state index < -0.39 is 97.5 Å². The zero-order valence-electron chi connectivity index (χ0n) is 69.0. The minimum absolute atomic E-state index is 0.108. The molecule has 2 unspecified atom stereocenters. The van der Waals surface area contributed by atoms with Crippen molar-refractivity contribution in [3.63, 3.8) is 0 Å². The third kappa shape index (κ3) is 79.9. The largest absolute Gasteiger partial charge is 0.472 e. The molecule has 17 nitrogen and oxygen atoms in total. The Labute approximate surface area is 645 Å². The van der Waals surface area contributed by atoms with Gasteiger partial charge in [0.05, 0.1) is 26.4 Å². The van der Waals surface area contributed by atoms with Crippen molar-refractivity contribution < 1.29 is 80.2 Å². The first-order chi connectivity index (χ1) is 50.9. The number of ether oxygens (including phenoxy) is 4. The number of esters is 4. The number of phosphoric ester groups is 2. The molecule has 0 aliphatic carbocycles. The number of hydrogen-bond donors (Lipinski definition) is 3. The molecule has 624 valence electrons. The van der Waals surface area contributed by atoms with Crippen LogP contribution in [0.2, 0.25) is 0 Å². The average Bonchev–Trinajstić information content (AvgIpc) is 0.915. The van der Waals surface area contributed by atoms with Crippen molar-refractivity contribution in [1.82, 2.24) is 0 Å². The van der Waals surface area contributed by atoms with E-state index in [0.29, 0.717) is 31.6 Å². The molecule has 0 heterocycles. The molecular weight excluding hydrogens is 1370 g/mol. The molecule has 5 atom stereocenters. The standard InChI is InChI=1S/C86H168O17P2/c1-7-9-11-13-15-17-19-21-23-25-27-28-30-34-39-43-47-51-59-64-70-85(90)102-81(74-96-83(88)68-62-56-49-45-41-37-35-31-32-36-40-44-48-54-60-66-78(3)4)76-100-104(92,93)98-72-80(87)73-99-105(94,95)101-77-82(75-97-84(89)69-63-57-53-52-55-61-67-79(5)6)103-86(91)71-65-58-50-46-42-38-33-29-26-24-22-20-18-16-14-12-10-8-2/h78-82,87H,7-77H2,1-6H3,(H,92,93)(H,94,95)/t80-,81-,82-/m1/s1. The average molecular weight is 1540 g/mol. The Morgan fingerprint density at radius 3 is 0.648 bits per heavy atom. The van der Waals surface area contributed by atoms with Crippen molar-refractivity contribution >= 4 is 39.5 Å². The predicted molar refractivity (Wildman–Crippen MR) is 432 cm³/mol. The summed E-state index contributed by atoms with van der Waals surface area (Å²) in [6.07, 6.45) is 69.7. The van der Waals surface area contributed by atoms with E-state index in [4.69, 9.17) is 37.0 Å². The van der Waals surface area contributed by atoms with Crippen LogP contribution in [0.25, 0.3) is 0 Å². The van der Waals surface area contributed by atoms with E-state index in [1.54, 1.807) is 0 Å². The van der Waals surface area contributed by atoms with Gasteiger partial charge in [0.1, 0.15) is 19.3 Å². The maximum Gasteiger partial charge on any atom is 0.472 e. The Balaban J connectivity index is 5.21. The second-order valence-electron chi connectivity index (χ2n) is 31.9. The minimum Gasteiger partial charge on any atom is -0.462 e. The summed E-state index contributed by atoms with van der Waals surface area (Å²) in [5.41, 5.74) is 0. The van der Waals surface area contributed by atoms with Gasteiger partial charge in [-0.25, -0.2) is 9.13 Å². The molecule has 0 aromatic heterocycles. The highest BCUT2D eigenvalue weighted by atomic mass is 31.2. The lowest BCUT2D eigenvalue weighted by atomic mass is 10.0. The molecule has 0 bridgehead atoms. The first-order valence-corrected chi connectivity index (χ1v) is 47.5. The number of carbonyl (C=O) groups is 4. The summed E-state index contributed by atoms with van der Waals surface area (Å²) in [6.45, 7) is 9.62. The number of carbonyl (C=O) groups excluding carboxylic acids is 4. The highest BCUT2D eigenvalue weighted by Crippen LogP contribution is 2.45. The summed E-state index contributed by atoms with van der Waals surface area (Å²) in [5, 5.41) is 10.7. The quantitative estimate of drug-likeness (QED) is 0.0222. The van der Waals surface area contributed by atoms with Gasteiger partial charge in [0.25, 0.3) is 0 Å². The molecule has 0 aromatic carbocycles. The van der Waals surface area contributed by atoms with Crippen molar-refractivity contribution in [2.75, 3.05) is 39.6 Å². The Kier molecular flexibility index (Phi) is 76.0. The van der Waals surface area contributed by atoms with Gasteiger partial charge in [0.2, 0.25) is 0 Å². The highest BCUT2D eigenvalue weighted by molar-refractivity contribution is 7.47. The molecule has 0 saturated heterocycles. The molecule has 0 radical (unpaired) electrons. The Hall–Kier alpha value is -1.94. The van der Waals surface area contributed by atoms with Crippen LogP contribution in [0.1, 0.15) is 459 Å². The maximum absolute atomic E-state index is 13.1. The van der Waals surface area contributed by atoms with Crippen molar-refractivity contribution in [2.24, 2.45) is 11.8 Å². The molecule has 0 spiro atoms. The van der Waals surface area contributed by atoms with E-state index in [1.807, 2.05) is 0 Å². The summed E-state index contributed by atoms with van der Waals surface area (Å²) < 4.78 is 68.9. The summed E-state index contributed by atoms with van der Waals surface area (Å²) in [4.78, 5) is 73.2. The van der Waals surface area contributed by atoms with Gasteiger partial charge in [-0.1, -0.05) is 408 Å². The molecular formula is C86H168O17P2. The summed E-state index contributed by atoms with van der Waals surface area (Å²) in [6, 6.07) is 0. The van der Waals surface area contributed by atoms with Crippen molar-refractivity contribution in [3.05, 3.63) is 0 Å². The first-order valence-electron chi connectivity index (χ1n) is 44.5. The molecule has 0 saturated carbocycles. The number of unbranched alkanes of at least 4 members (excludes halogenated alkanes) is 55. The fourth-order valence-corrected chi connectivity index (χ4v) is 15.0. The zero-order chi connectivity index (χ0) is 77.1. The molecule has 19 heteroatoms. The highest BCUT2D eigenvalue weighted by Gasteiger charge is 2.30. The molecule has 3 N–H and O–H groups in total. The predicted octanol–water partition coefficient (Wildman–Crippen LogP) is 26.2. The van der Waals surface area contributed by atoms with Crippen molar-refractivity contribution in [2.45, 2.75) is 477 Å².